The van der Waals surface area contributed by atoms with Crippen LogP contribution in [0.15, 0.2) is 59.4 Å². The van der Waals surface area contributed by atoms with Gasteiger partial charge in [-0.3, -0.25) is 14.3 Å². The smallest absolute Gasteiger partial charge is 0.257 e. The van der Waals surface area contributed by atoms with Gasteiger partial charge in [-0.1, -0.05) is 61.0 Å². The van der Waals surface area contributed by atoms with Crippen molar-refractivity contribution in [2.24, 2.45) is 0 Å². The summed E-state index contributed by atoms with van der Waals surface area (Å²) >= 11 is 6.12. The fourth-order valence-corrected chi connectivity index (χ4v) is 4.88. The van der Waals surface area contributed by atoms with Crippen LogP contribution in [0, 0.1) is 0 Å². The SMILES string of the molecule is CCC(c1nc2c(c(=O)n1Cc1ccccc1)CCC2)N(CCNC)Cc1ccc(Cl)cc1. The summed E-state index contributed by atoms with van der Waals surface area (Å²) in [5.41, 5.74) is 4.36. The fourth-order valence-electron chi connectivity index (χ4n) is 4.75. The lowest BCUT2D eigenvalue weighted by Crippen LogP contribution is -2.39. The summed E-state index contributed by atoms with van der Waals surface area (Å²) in [5.74, 6) is 0.886. The highest BCUT2D eigenvalue weighted by molar-refractivity contribution is 6.30. The number of hydrogen-bond donors (Lipinski definition) is 1. The van der Waals surface area contributed by atoms with Crippen molar-refractivity contribution < 1.29 is 0 Å². The average Bonchev–Trinajstić information content (AvgIpc) is 3.31. The molecule has 0 saturated carbocycles. The van der Waals surface area contributed by atoms with E-state index in [1.165, 1.54) is 5.56 Å². The van der Waals surface area contributed by atoms with Gasteiger partial charge in [0.2, 0.25) is 0 Å². The Morgan fingerprint density at radius 2 is 1.85 bits per heavy atom. The van der Waals surface area contributed by atoms with Crippen LogP contribution in [-0.2, 0) is 25.9 Å². The molecule has 0 spiro atoms. The van der Waals surface area contributed by atoms with Gasteiger partial charge in [-0.25, -0.2) is 4.98 Å². The number of nitrogens with zero attached hydrogens (tertiary/aromatic N) is 3. The quantitative estimate of drug-likeness (QED) is 0.476. The normalized spacial score (nSPS) is 13.9. The second-order valence-electron chi connectivity index (χ2n) is 8.75. The number of halogens is 1. The van der Waals surface area contributed by atoms with Crippen molar-refractivity contribution in [1.29, 1.82) is 0 Å². The number of aromatic nitrogens is 2. The Kier molecular flexibility index (Phi) is 7.97. The molecular formula is C27H33ClN4O. The summed E-state index contributed by atoms with van der Waals surface area (Å²) in [6, 6.07) is 18.3. The van der Waals surface area contributed by atoms with Crippen molar-refractivity contribution in [2.75, 3.05) is 20.1 Å². The largest absolute Gasteiger partial charge is 0.318 e. The maximum Gasteiger partial charge on any atom is 0.257 e. The van der Waals surface area contributed by atoms with E-state index in [0.29, 0.717) is 6.54 Å². The first kappa shape index (κ1) is 23.7. The summed E-state index contributed by atoms with van der Waals surface area (Å²) in [5, 5.41) is 4.02. The Hall–Kier alpha value is -2.47. The van der Waals surface area contributed by atoms with E-state index in [2.05, 4.69) is 41.4 Å². The van der Waals surface area contributed by atoms with Gasteiger partial charge in [0.05, 0.1) is 18.3 Å². The van der Waals surface area contributed by atoms with Gasteiger partial charge in [0.1, 0.15) is 5.82 Å². The molecule has 0 amide bonds. The minimum Gasteiger partial charge on any atom is -0.318 e. The predicted molar refractivity (Wildman–Crippen MR) is 135 cm³/mol. The molecule has 33 heavy (non-hydrogen) atoms. The zero-order valence-electron chi connectivity index (χ0n) is 19.6. The first-order chi connectivity index (χ1) is 16.1. The first-order valence-corrected chi connectivity index (χ1v) is 12.3. The molecule has 0 fully saturated rings. The zero-order chi connectivity index (χ0) is 23.2. The average molecular weight is 465 g/mol. The molecule has 0 saturated heterocycles. The third-order valence-corrected chi connectivity index (χ3v) is 6.73. The molecule has 0 radical (unpaired) electrons. The lowest BCUT2D eigenvalue weighted by Gasteiger charge is -2.32. The summed E-state index contributed by atoms with van der Waals surface area (Å²) in [6.07, 6.45) is 3.61. The van der Waals surface area contributed by atoms with Gasteiger partial charge >= 0.3 is 0 Å². The van der Waals surface area contributed by atoms with Crippen LogP contribution in [-0.4, -0.2) is 34.6 Å². The highest BCUT2D eigenvalue weighted by atomic mass is 35.5. The van der Waals surface area contributed by atoms with Crippen LogP contribution < -0.4 is 10.9 Å². The summed E-state index contributed by atoms with van der Waals surface area (Å²) in [6.45, 7) is 5.22. The highest BCUT2D eigenvalue weighted by Gasteiger charge is 2.28. The number of nitrogens with one attached hydrogen (secondary N) is 1. The van der Waals surface area contributed by atoms with Gasteiger partial charge < -0.3 is 5.32 Å². The van der Waals surface area contributed by atoms with Gasteiger partial charge in [-0.2, -0.15) is 0 Å². The van der Waals surface area contributed by atoms with Crippen LogP contribution in [0.5, 0.6) is 0 Å². The molecule has 6 heteroatoms. The number of rotatable bonds is 10. The second-order valence-corrected chi connectivity index (χ2v) is 9.19. The number of fused-ring (bicyclic) bond motifs is 1. The molecule has 2 aromatic carbocycles. The molecule has 174 valence electrons. The molecule has 1 aromatic heterocycles. The number of hydrogen-bond acceptors (Lipinski definition) is 4. The third-order valence-electron chi connectivity index (χ3n) is 6.48. The molecular weight excluding hydrogens is 432 g/mol. The molecule has 0 aliphatic heterocycles. The van der Waals surface area contributed by atoms with Gasteiger partial charge in [0.25, 0.3) is 5.56 Å². The second kappa shape index (κ2) is 11.1. The van der Waals surface area contributed by atoms with E-state index >= 15 is 0 Å². The van der Waals surface area contributed by atoms with Crippen molar-refractivity contribution in [3.63, 3.8) is 0 Å². The molecule has 1 aliphatic carbocycles. The van der Waals surface area contributed by atoms with Gasteiger partial charge in [0, 0.05) is 30.2 Å². The topological polar surface area (TPSA) is 50.2 Å². The van der Waals surface area contributed by atoms with E-state index in [-0.39, 0.29) is 11.6 Å². The summed E-state index contributed by atoms with van der Waals surface area (Å²) in [7, 11) is 1.97. The van der Waals surface area contributed by atoms with Crippen LogP contribution in [0.1, 0.15) is 54.0 Å². The number of likely N-dealkylation sites (N-methyl/N-ethyl adjacent to an activating group) is 1. The molecule has 1 N–H and O–H groups in total. The predicted octanol–water partition coefficient (Wildman–Crippen LogP) is 4.61. The molecule has 1 heterocycles. The zero-order valence-corrected chi connectivity index (χ0v) is 20.3. The van der Waals surface area contributed by atoms with Crippen molar-refractivity contribution in [3.8, 4) is 0 Å². The molecule has 1 unspecified atom stereocenters. The Morgan fingerprint density at radius 3 is 2.55 bits per heavy atom. The molecule has 3 aromatic rings. The molecule has 1 atom stereocenters. The third kappa shape index (κ3) is 5.55. The Labute approximate surface area is 201 Å². The van der Waals surface area contributed by atoms with Crippen molar-refractivity contribution in [2.45, 2.75) is 51.7 Å². The molecule has 5 nitrogen and oxygen atoms in total. The van der Waals surface area contributed by atoms with Crippen LogP contribution in [0.2, 0.25) is 5.02 Å². The standard InChI is InChI=1S/C27H33ClN4O/c1-3-25(31(17-16-29-2)18-21-12-14-22(28)15-13-21)26-30-24-11-7-10-23(24)27(33)32(26)19-20-8-5-4-6-9-20/h4-6,8-9,12-15,25,29H,3,7,10-11,16-19H2,1-2H3. The summed E-state index contributed by atoms with van der Waals surface area (Å²) < 4.78 is 1.93. The maximum absolute atomic E-state index is 13.6. The van der Waals surface area contributed by atoms with E-state index in [4.69, 9.17) is 16.6 Å². The Balaban J connectivity index is 1.76. The fraction of sp³-hybridized carbons (Fsp3) is 0.407. The van der Waals surface area contributed by atoms with Crippen LogP contribution in [0.3, 0.4) is 0 Å². The lowest BCUT2D eigenvalue weighted by atomic mass is 10.1. The van der Waals surface area contributed by atoms with Crippen LogP contribution in [0.25, 0.3) is 0 Å². The van der Waals surface area contributed by atoms with Gasteiger partial charge in [-0.15, -0.1) is 0 Å². The Morgan fingerprint density at radius 1 is 1.09 bits per heavy atom. The van der Waals surface area contributed by atoms with E-state index in [0.717, 1.165) is 73.0 Å². The molecule has 4 rings (SSSR count). The summed E-state index contributed by atoms with van der Waals surface area (Å²) in [4.78, 5) is 21.2. The van der Waals surface area contributed by atoms with E-state index in [1.807, 2.05) is 41.9 Å². The number of aryl methyl sites for hydroxylation is 1. The van der Waals surface area contributed by atoms with Crippen molar-refractivity contribution >= 4 is 11.6 Å². The van der Waals surface area contributed by atoms with E-state index in [9.17, 15) is 4.79 Å². The van der Waals surface area contributed by atoms with Crippen LogP contribution >= 0.6 is 11.6 Å². The highest BCUT2D eigenvalue weighted by Crippen LogP contribution is 2.27. The monoisotopic (exact) mass is 464 g/mol. The minimum atomic E-state index is 0.0383. The lowest BCUT2D eigenvalue weighted by molar-refractivity contribution is 0.172. The molecule has 1 aliphatic rings. The van der Waals surface area contributed by atoms with Gasteiger partial charge in [0.15, 0.2) is 0 Å². The van der Waals surface area contributed by atoms with E-state index in [1.54, 1.807) is 0 Å². The van der Waals surface area contributed by atoms with E-state index < -0.39 is 0 Å². The maximum atomic E-state index is 13.6. The van der Waals surface area contributed by atoms with Gasteiger partial charge in [-0.05, 0) is 56.0 Å². The first-order valence-electron chi connectivity index (χ1n) is 11.9. The van der Waals surface area contributed by atoms with Crippen molar-refractivity contribution in [1.82, 2.24) is 19.8 Å². The number of benzene rings is 2. The Bertz CT molecular complexity index is 1110. The van der Waals surface area contributed by atoms with Crippen LogP contribution in [0.4, 0.5) is 0 Å². The molecule has 0 bridgehead atoms. The minimum absolute atomic E-state index is 0.0383. The van der Waals surface area contributed by atoms with Crippen molar-refractivity contribution in [3.05, 3.63) is 98.2 Å².